The number of rotatable bonds is 7. The van der Waals surface area contributed by atoms with E-state index in [0.717, 1.165) is 29.7 Å². The second-order valence-electron chi connectivity index (χ2n) is 5.39. The van der Waals surface area contributed by atoms with Crippen molar-refractivity contribution in [2.24, 2.45) is 5.92 Å². The molecule has 18 heavy (non-hydrogen) atoms. The summed E-state index contributed by atoms with van der Waals surface area (Å²) >= 11 is 5.85. The van der Waals surface area contributed by atoms with Gasteiger partial charge in [0.15, 0.2) is 0 Å². The standard InChI is InChI=1S/C15H25ClN2/c1-12(2)11-13(3)18(4)10-9-17-15-7-5-14(16)6-8-15/h5-8,12-13,17H,9-11H2,1-4H3. The molecule has 0 aliphatic heterocycles. The van der Waals surface area contributed by atoms with Crippen LogP contribution in [0, 0.1) is 5.92 Å². The highest BCUT2D eigenvalue weighted by atomic mass is 35.5. The first kappa shape index (κ1) is 15.3. The first-order chi connectivity index (χ1) is 8.49. The molecule has 1 rings (SSSR count). The van der Waals surface area contributed by atoms with Gasteiger partial charge in [0.05, 0.1) is 0 Å². The van der Waals surface area contributed by atoms with Crippen LogP contribution < -0.4 is 5.32 Å². The van der Waals surface area contributed by atoms with Crippen LogP contribution in [0.1, 0.15) is 27.2 Å². The third-order valence-electron chi connectivity index (χ3n) is 3.20. The van der Waals surface area contributed by atoms with E-state index in [1.54, 1.807) is 0 Å². The Bertz CT molecular complexity index is 335. The van der Waals surface area contributed by atoms with Crippen molar-refractivity contribution in [3.8, 4) is 0 Å². The smallest absolute Gasteiger partial charge is 0.0407 e. The molecule has 0 aliphatic rings. The van der Waals surface area contributed by atoms with Gasteiger partial charge in [-0.25, -0.2) is 0 Å². The fraction of sp³-hybridized carbons (Fsp3) is 0.600. The van der Waals surface area contributed by atoms with Crippen LogP contribution in [-0.2, 0) is 0 Å². The minimum Gasteiger partial charge on any atom is -0.384 e. The lowest BCUT2D eigenvalue weighted by Gasteiger charge is -2.26. The number of benzene rings is 1. The molecule has 1 aromatic rings. The van der Waals surface area contributed by atoms with Crippen molar-refractivity contribution in [2.75, 3.05) is 25.5 Å². The highest BCUT2D eigenvalue weighted by molar-refractivity contribution is 6.30. The highest BCUT2D eigenvalue weighted by Gasteiger charge is 2.10. The van der Waals surface area contributed by atoms with Crippen LogP contribution >= 0.6 is 11.6 Å². The molecule has 0 saturated carbocycles. The molecular weight excluding hydrogens is 244 g/mol. The Morgan fingerprint density at radius 2 is 1.78 bits per heavy atom. The maximum absolute atomic E-state index is 5.85. The normalized spacial score (nSPS) is 13.1. The Morgan fingerprint density at radius 1 is 1.17 bits per heavy atom. The van der Waals surface area contributed by atoms with Crippen LogP contribution in [0.5, 0.6) is 0 Å². The number of halogens is 1. The topological polar surface area (TPSA) is 15.3 Å². The summed E-state index contributed by atoms with van der Waals surface area (Å²) in [6, 6.07) is 8.49. The SMILES string of the molecule is CC(C)CC(C)N(C)CCNc1ccc(Cl)cc1. The molecule has 102 valence electrons. The largest absolute Gasteiger partial charge is 0.384 e. The van der Waals surface area contributed by atoms with Gasteiger partial charge in [-0.3, -0.25) is 0 Å². The second kappa shape index (κ2) is 7.65. The summed E-state index contributed by atoms with van der Waals surface area (Å²) in [7, 11) is 2.19. The van der Waals surface area contributed by atoms with Crippen LogP contribution in [0.25, 0.3) is 0 Å². The van der Waals surface area contributed by atoms with E-state index < -0.39 is 0 Å². The number of likely N-dealkylation sites (N-methyl/N-ethyl adjacent to an activating group) is 1. The molecule has 0 spiro atoms. The highest BCUT2D eigenvalue weighted by Crippen LogP contribution is 2.13. The zero-order chi connectivity index (χ0) is 13.5. The van der Waals surface area contributed by atoms with Crippen molar-refractivity contribution in [3.05, 3.63) is 29.3 Å². The van der Waals surface area contributed by atoms with Gasteiger partial charge >= 0.3 is 0 Å². The summed E-state index contributed by atoms with van der Waals surface area (Å²) in [6.45, 7) is 8.85. The van der Waals surface area contributed by atoms with E-state index in [2.05, 4.69) is 38.0 Å². The molecule has 0 saturated heterocycles. The van der Waals surface area contributed by atoms with E-state index in [4.69, 9.17) is 11.6 Å². The van der Waals surface area contributed by atoms with Gasteiger partial charge in [0.1, 0.15) is 0 Å². The van der Waals surface area contributed by atoms with Gasteiger partial charge in [0, 0.05) is 29.8 Å². The summed E-state index contributed by atoms with van der Waals surface area (Å²) in [4.78, 5) is 2.41. The maximum atomic E-state index is 5.85. The van der Waals surface area contributed by atoms with Gasteiger partial charge in [0.2, 0.25) is 0 Å². The van der Waals surface area contributed by atoms with Gasteiger partial charge in [0.25, 0.3) is 0 Å². The average molecular weight is 269 g/mol. The summed E-state index contributed by atoms with van der Waals surface area (Å²) in [5, 5.41) is 4.19. The van der Waals surface area contributed by atoms with Crippen LogP contribution in [0.2, 0.25) is 5.02 Å². The molecule has 0 radical (unpaired) electrons. The first-order valence-corrected chi connectivity index (χ1v) is 7.06. The van der Waals surface area contributed by atoms with Crippen molar-refractivity contribution in [1.82, 2.24) is 4.90 Å². The molecule has 1 N–H and O–H groups in total. The zero-order valence-electron chi connectivity index (χ0n) is 11.9. The van der Waals surface area contributed by atoms with Gasteiger partial charge in [-0.2, -0.15) is 0 Å². The molecule has 0 aromatic heterocycles. The monoisotopic (exact) mass is 268 g/mol. The van der Waals surface area contributed by atoms with Gasteiger partial charge in [-0.15, -0.1) is 0 Å². The van der Waals surface area contributed by atoms with Crippen molar-refractivity contribution in [3.63, 3.8) is 0 Å². The summed E-state index contributed by atoms with van der Waals surface area (Å²) in [5.41, 5.74) is 1.13. The molecule has 0 amide bonds. The molecule has 3 heteroatoms. The van der Waals surface area contributed by atoms with Gasteiger partial charge in [-0.1, -0.05) is 25.4 Å². The van der Waals surface area contributed by atoms with E-state index in [1.165, 1.54) is 6.42 Å². The number of anilines is 1. The molecule has 1 unspecified atom stereocenters. The quantitative estimate of drug-likeness (QED) is 0.800. The Hall–Kier alpha value is -0.730. The summed E-state index contributed by atoms with van der Waals surface area (Å²) in [5.74, 6) is 0.756. The molecule has 0 bridgehead atoms. The maximum Gasteiger partial charge on any atom is 0.0407 e. The summed E-state index contributed by atoms with van der Waals surface area (Å²) in [6.07, 6.45) is 1.25. The minimum absolute atomic E-state index is 0.636. The van der Waals surface area contributed by atoms with Crippen molar-refractivity contribution in [1.29, 1.82) is 0 Å². The second-order valence-corrected chi connectivity index (χ2v) is 5.83. The molecule has 0 heterocycles. The zero-order valence-corrected chi connectivity index (χ0v) is 12.7. The predicted molar refractivity (Wildman–Crippen MR) is 81.5 cm³/mol. The fourth-order valence-electron chi connectivity index (χ4n) is 2.03. The van der Waals surface area contributed by atoms with Crippen molar-refractivity contribution in [2.45, 2.75) is 33.2 Å². The Morgan fingerprint density at radius 3 is 2.33 bits per heavy atom. The average Bonchev–Trinajstić information content (AvgIpc) is 2.30. The molecule has 0 aliphatic carbocycles. The minimum atomic E-state index is 0.636. The number of hydrogen-bond donors (Lipinski definition) is 1. The lowest BCUT2D eigenvalue weighted by Crippen LogP contribution is -2.34. The molecular formula is C15H25ClN2. The molecule has 1 aromatic carbocycles. The van der Waals surface area contributed by atoms with Gasteiger partial charge in [-0.05, 0) is 50.6 Å². The van der Waals surface area contributed by atoms with Crippen LogP contribution in [0.15, 0.2) is 24.3 Å². The van der Waals surface area contributed by atoms with E-state index in [9.17, 15) is 0 Å². The summed E-state index contributed by atoms with van der Waals surface area (Å²) < 4.78 is 0. The van der Waals surface area contributed by atoms with Crippen LogP contribution in [-0.4, -0.2) is 31.1 Å². The lowest BCUT2D eigenvalue weighted by atomic mass is 10.0. The molecule has 2 nitrogen and oxygen atoms in total. The Labute approximate surface area is 116 Å². The van der Waals surface area contributed by atoms with Crippen molar-refractivity contribution >= 4 is 17.3 Å². The predicted octanol–water partition coefficient (Wildman–Crippen LogP) is 4.12. The van der Waals surface area contributed by atoms with E-state index in [1.807, 2.05) is 24.3 Å². The first-order valence-electron chi connectivity index (χ1n) is 6.68. The lowest BCUT2D eigenvalue weighted by molar-refractivity contribution is 0.236. The van der Waals surface area contributed by atoms with E-state index >= 15 is 0 Å². The van der Waals surface area contributed by atoms with E-state index in [0.29, 0.717) is 6.04 Å². The van der Waals surface area contributed by atoms with Crippen LogP contribution in [0.4, 0.5) is 5.69 Å². The Balaban J connectivity index is 2.26. The fourth-order valence-corrected chi connectivity index (χ4v) is 2.15. The number of nitrogens with zero attached hydrogens (tertiary/aromatic N) is 1. The van der Waals surface area contributed by atoms with Gasteiger partial charge < -0.3 is 10.2 Å². The third-order valence-corrected chi connectivity index (χ3v) is 3.45. The Kier molecular flexibility index (Phi) is 6.51. The third kappa shape index (κ3) is 5.74. The van der Waals surface area contributed by atoms with E-state index in [-0.39, 0.29) is 0 Å². The molecule has 1 atom stereocenters. The van der Waals surface area contributed by atoms with Crippen molar-refractivity contribution < 1.29 is 0 Å². The number of hydrogen-bond acceptors (Lipinski definition) is 2. The van der Waals surface area contributed by atoms with Crippen LogP contribution in [0.3, 0.4) is 0 Å². The molecule has 0 fully saturated rings. The number of nitrogens with one attached hydrogen (secondary N) is 1.